The zero-order valence-electron chi connectivity index (χ0n) is 9.49. The lowest BCUT2D eigenvalue weighted by Crippen LogP contribution is -2.23. The van der Waals surface area contributed by atoms with Crippen molar-refractivity contribution < 1.29 is 9.18 Å². The highest BCUT2D eigenvalue weighted by atomic mass is 35.5. The van der Waals surface area contributed by atoms with Crippen molar-refractivity contribution in [3.63, 3.8) is 0 Å². The van der Waals surface area contributed by atoms with Crippen molar-refractivity contribution >= 4 is 17.5 Å². The molecule has 0 atom stereocenters. The van der Waals surface area contributed by atoms with Gasteiger partial charge in [0.25, 0.3) is 5.91 Å². The van der Waals surface area contributed by atoms with E-state index in [1.54, 1.807) is 18.2 Å². The Morgan fingerprint density at radius 1 is 1.11 bits per heavy atom. The van der Waals surface area contributed by atoms with E-state index in [1.165, 1.54) is 12.1 Å². The van der Waals surface area contributed by atoms with Gasteiger partial charge in [0.2, 0.25) is 0 Å². The number of hydrogen-bond donors (Lipinski definition) is 1. The van der Waals surface area contributed by atoms with Gasteiger partial charge in [0.15, 0.2) is 0 Å². The summed E-state index contributed by atoms with van der Waals surface area (Å²) in [5.74, 6) is -0.984. The van der Waals surface area contributed by atoms with Gasteiger partial charge >= 0.3 is 0 Å². The Bertz CT molecular complexity index is 571. The van der Waals surface area contributed by atoms with Crippen molar-refractivity contribution in [1.82, 2.24) is 5.32 Å². The molecular formula is C14H11ClFNO. The molecule has 2 aromatic rings. The minimum atomic E-state index is -0.533. The van der Waals surface area contributed by atoms with Gasteiger partial charge in [-0.15, -0.1) is 0 Å². The van der Waals surface area contributed by atoms with E-state index < -0.39 is 11.7 Å². The Hall–Kier alpha value is -1.87. The fraction of sp³-hybridized carbons (Fsp3) is 0.0714. The third-order valence-corrected chi connectivity index (χ3v) is 2.88. The van der Waals surface area contributed by atoms with Gasteiger partial charge in [-0.2, -0.15) is 0 Å². The third kappa shape index (κ3) is 2.87. The predicted octanol–water partition coefficient (Wildman–Crippen LogP) is 3.41. The van der Waals surface area contributed by atoms with E-state index in [9.17, 15) is 9.18 Å². The summed E-state index contributed by atoms with van der Waals surface area (Å²) >= 11 is 5.96. The second kappa shape index (κ2) is 5.65. The summed E-state index contributed by atoms with van der Waals surface area (Å²) in [4.78, 5) is 11.8. The van der Waals surface area contributed by atoms with Crippen LogP contribution in [0.1, 0.15) is 15.9 Å². The highest BCUT2D eigenvalue weighted by Crippen LogP contribution is 2.14. The lowest BCUT2D eigenvalue weighted by Gasteiger charge is -2.07. The van der Waals surface area contributed by atoms with Gasteiger partial charge in [0.05, 0.1) is 5.56 Å². The monoisotopic (exact) mass is 263 g/mol. The van der Waals surface area contributed by atoms with Gasteiger partial charge in [-0.1, -0.05) is 41.9 Å². The molecule has 92 valence electrons. The number of amides is 1. The quantitative estimate of drug-likeness (QED) is 0.903. The Balaban J connectivity index is 2.06. The number of benzene rings is 2. The summed E-state index contributed by atoms with van der Waals surface area (Å²) in [6, 6.07) is 13.0. The van der Waals surface area contributed by atoms with Crippen LogP contribution in [0.3, 0.4) is 0 Å². The smallest absolute Gasteiger partial charge is 0.254 e. The van der Waals surface area contributed by atoms with Crippen molar-refractivity contribution in [3.05, 3.63) is 70.5 Å². The summed E-state index contributed by atoms with van der Waals surface area (Å²) in [5.41, 5.74) is 0.827. The van der Waals surface area contributed by atoms with Crippen LogP contribution < -0.4 is 5.32 Å². The average molecular weight is 264 g/mol. The molecule has 2 rings (SSSR count). The first kappa shape index (κ1) is 12.6. The molecule has 0 bridgehead atoms. The van der Waals surface area contributed by atoms with E-state index >= 15 is 0 Å². The first-order valence-electron chi connectivity index (χ1n) is 5.44. The normalized spacial score (nSPS) is 10.1. The second-order valence-electron chi connectivity index (χ2n) is 3.75. The molecule has 0 radical (unpaired) electrons. The van der Waals surface area contributed by atoms with Crippen LogP contribution in [-0.2, 0) is 6.54 Å². The Morgan fingerprint density at radius 2 is 1.78 bits per heavy atom. The van der Waals surface area contributed by atoms with Crippen LogP contribution in [0.4, 0.5) is 4.39 Å². The molecule has 1 N–H and O–H groups in total. The highest BCUT2D eigenvalue weighted by molar-refractivity contribution is 6.31. The number of rotatable bonds is 3. The maximum atomic E-state index is 13.4. The maximum Gasteiger partial charge on any atom is 0.254 e. The van der Waals surface area contributed by atoms with E-state index in [-0.39, 0.29) is 12.1 Å². The van der Waals surface area contributed by atoms with Crippen LogP contribution in [0.25, 0.3) is 0 Å². The van der Waals surface area contributed by atoms with Gasteiger partial charge in [-0.05, 0) is 23.8 Å². The molecule has 2 nitrogen and oxygen atoms in total. The molecule has 0 fully saturated rings. The Kier molecular flexibility index (Phi) is 3.95. The molecule has 0 spiro atoms. The summed E-state index contributed by atoms with van der Waals surface area (Å²) < 4.78 is 13.4. The van der Waals surface area contributed by atoms with Crippen molar-refractivity contribution in [1.29, 1.82) is 0 Å². The molecule has 0 saturated heterocycles. The van der Waals surface area contributed by atoms with Crippen molar-refractivity contribution in [2.24, 2.45) is 0 Å². The molecule has 0 saturated carbocycles. The van der Waals surface area contributed by atoms with Gasteiger partial charge in [0.1, 0.15) is 5.82 Å². The molecule has 18 heavy (non-hydrogen) atoms. The van der Waals surface area contributed by atoms with E-state index in [1.807, 2.05) is 18.2 Å². The van der Waals surface area contributed by atoms with Crippen LogP contribution in [0.15, 0.2) is 48.5 Å². The van der Waals surface area contributed by atoms with Crippen LogP contribution in [-0.4, -0.2) is 5.91 Å². The first-order chi connectivity index (χ1) is 8.68. The number of halogens is 2. The van der Waals surface area contributed by atoms with E-state index in [0.29, 0.717) is 5.02 Å². The minimum Gasteiger partial charge on any atom is -0.348 e. The van der Waals surface area contributed by atoms with E-state index in [4.69, 9.17) is 11.6 Å². The summed E-state index contributed by atoms with van der Waals surface area (Å²) in [5, 5.41) is 3.21. The van der Waals surface area contributed by atoms with Gasteiger partial charge < -0.3 is 5.32 Å². The fourth-order valence-corrected chi connectivity index (χ4v) is 1.76. The van der Waals surface area contributed by atoms with Gasteiger partial charge in [-0.25, -0.2) is 4.39 Å². The number of carbonyl (C=O) groups excluding carboxylic acids is 1. The predicted molar refractivity (Wildman–Crippen MR) is 69.0 cm³/mol. The Labute approximate surface area is 109 Å². The van der Waals surface area contributed by atoms with Crippen molar-refractivity contribution in [2.75, 3.05) is 0 Å². The van der Waals surface area contributed by atoms with Crippen LogP contribution >= 0.6 is 11.6 Å². The SMILES string of the molecule is O=C(NCc1ccccc1Cl)c1ccccc1F. The first-order valence-corrected chi connectivity index (χ1v) is 5.82. The van der Waals surface area contributed by atoms with Crippen molar-refractivity contribution in [3.8, 4) is 0 Å². The summed E-state index contributed by atoms with van der Waals surface area (Å²) in [6.45, 7) is 0.271. The van der Waals surface area contributed by atoms with Gasteiger partial charge in [0, 0.05) is 11.6 Å². The topological polar surface area (TPSA) is 29.1 Å². The van der Waals surface area contributed by atoms with Crippen molar-refractivity contribution in [2.45, 2.75) is 6.54 Å². The molecule has 2 aromatic carbocycles. The highest BCUT2D eigenvalue weighted by Gasteiger charge is 2.10. The average Bonchev–Trinajstić information content (AvgIpc) is 2.38. The van der Waals surface area contributed by atoms with E-state index in [0.717, 1.165) is 5.56 Å². The third-order valence-electron chi connectivity index (χ3n) is 2.52. The second-order valence-corrected chi connectivity index (χ2v) is 4.16. The number of carbonyl (C=O) groups is 1. The lowest BCUT2D eigenvalue weighted by atomic mass is 10.2. The molecule has 0 unspecified atom stereocenters. The summed E-state index contributed by atoms with van der Waals surface area (Å²) in [6.07, 6.45) is 0. The molecule has 0 aliphatic rings. The standard InChI is InChI=1S/C14H11ClFNO/c15-12-7-3-1-5-10(12)9-17-14(18)11-6-2-4-8-13(11)16/h1-8H,9H2,(H,17,18). The molecule has 0 heterocycles. The molecule has 4 heteroatoms. The fourth-order valence-electron chi connectivity index (χ4n) is 1.56. The van der Waals surface area contributed by atoms with E-state index in [2.05, 4.69) is 5.32 Å². The zero-order chi connectivity index (χ0) is 13.0. The van der Waals surface area contributed by atoms with Crippen LogP contribution in [0.2, 0.25) is 5.02 Å². The van der Waals surface area contributed by atoms with Crippen LogP contribution in [0, 0.1) is 5.82 Å². The largest absolute Gasteiger partial charge is 0.348 e. The molecule has 1 amide bonds. The summed E-state index contributed by atoms with van der Waals surface area (Å²) in [7, 11) is 0. The maximum absolute atomic E-state index is 13.4. The Morgan fingerprint density at radius 3 is 2.50 bits per heavy atom. The lowest BCUT2D eigenvalue weighted by molar-refractivity contribution is 0.0947. The minimum absolute atomic E-state index is 0.0320. The molecule has 0 aliphatic carbocycles. The zero-order valence-corrected chi connectivity index (χ0v) is 10.2. The van der Waals surface area contributed by atoms with Gasteiger partial charge in [-0.3, -0.25) is 4.79 Å². The van der Waals surface area contributed by atoms with Crippen LogP contribution in [0.5, 0.6) is 0 Å². The molecular weight excluding hydrogens is 253 g/mol. The molecule has 0 aromatic heterocycles. The number of hydrogen-bond acceptors (Lipinski definition) is 1. The number of nitrogens with one attached hydrogen (secondary N) is 1. The molecule has 0 aliphatic heterocycles.